The van der Waals surface area contributed by atoms with E-state index in [-0.39, 0.29) is 28.3 Å². The lowest BCUT2D eigenvalue weighted by atomic mass is 10.1. The highest BCUT2D eigenvalue weighted by molar-refractivity contribution is 7.89. The van der Waals surface area contributed by atoms with Gasteiger partial charge in [-0.1, -0.05) is 25.1 Å². The Labute approximate surface area is 213 Å². The van der Waals surface area contributed by atoms with Crippen LogP contribution in [-0.4, -0.2) is 47.1 Å². The highest BCUT2D eigenvalue weighted by Gasteiger charge is 2.28. The van der Waals surface area contributed by atoms with Gasteiger partial charge in [0.15, 0.2) is 0 Å². The molecule has 2 aromatic heterocycles. The second kappa shape index (κ2) is 10.6. The van der Waals surface area contributed by atoms with Gasteiger partial charge in [-0.3, -0.25) is 9.59 Å². The maximum atomic E-state index is 13.3. The number of hydrogen-bond donors (Lipinski definition) is 4. The quantitative estimate of drug-likeness (QED) is 0.248. The number of aryl methyl sites for hydroxylation is 1. The van der Waals surface area contributed by atoms with Crippen LogP contribution in [0.1, 0.15) is 30.2 Å². The van der Waals surface area contributed by atoms with Gasteiger partial charge in [-0.25, -0.2) is 13.4 Å². The van der Waals surface area contributed by atoms with Crippen LogP contribution in [0.4, 0.5) is 0 Å². The van der Waals surface area contributed by atoms with Crippen LogP contribution in [0, 0.1) is 13.8 Å². The first-order valence-electron chi connectivity index (χ1n) is 11.8. The molecule has 0 fully saturated rings. The first kappa shape index (κ1) is 26.1. The van der Waals surface area contributed by atoms with Gasteiger partial charge >= 0.3 is 5.97 Å². The molecule has 2 heterocycles. The van der Waals surface area contributed by atoms with Crippen LogP contribution in [0.3, 0.4) is 0 Å². The molecule has 0 saturated carbocycles. The third kappa shape index (κ3) is 5.57. The number of aliphatic carboxylic acids is 1. The largest absolute Gasteiger partial charge is 0.493 e. The molecule has 2 aromatic carbocycles. The summed E-state index contributed by atoms with van der Waals surface area (Å²) < 4.78 is 34.7. The molecule has 0 spiro atoms. The van der Waals surface area contributed by atoms with Crippen LogP contribution in [-0.2, 0) is 21.2 Å². The van der Waals surface area contributed by atoms with Crippen LogP contribution in [0.15, 0.2) is 58.4 Å². The Morgan fingerprint density at radius 2 is 1.95 bits per heavy atom. The molecule has 1 unspecified atom stereocenters. The zero-order chi connectivity index (χ0) is 26.7. The molecular formula is C26H28N4O6S. The van der Waals surface area contributed by atoms with Crippen LogP contribution in [0.2, 0.25) is 0 Å². The van der Waals surface area contributed by atoms with Crippen LogP contribution >= 0.6 is 0 Å². The number of nitrogens with one attached hydrogen (secondary N) is 3. The third-order valence-corrected chi connectivity index (χ3v) is 7.54. The topological polar surface area (TPSA) is 154 Å². The van der Waals surface area contributed by atoms with Crippen molar-refractivity contribution in [3.05, 3.63) is 75.8 Å². The van der Waals surface area contributed by atoms with E-state index in [1.54, 1.807) is 20.0 Å². The van der Waals surface area contributed by atoms with Crippen molar-refractivity contribution in [2.75, 3.05) is 6.61 Å². The molecule has 10 nitrogen and oxygen atoms in total. The fraction of sp³-hybridized carbons (Fsp3) is 0.269. The smallest absolute Gasteiger partial charge is 0.322 e. The zero-order valence-electron chi connectivity index (χ0n) is 20.7. The van der Waals surface area contributed by atoms with E-state index in [1.165, 1.54) is 18.2 Å². The first-order valence-corrected chi connectivity index (χ1v) is 13.2. The number of H-pyrrole nitrogens is 2. The minimum atomic E-state index is -4.27. The Bertz CT molecular complexity index is 1620. The van der Waals surface area contributed by atoms with E-state index < -0.39 is 22.0 Å². The molecule has 1 atom stereocenters. The lowest BCUT2D eigenvalue weighted by Crippen LogP contribution is -2.42. The Morgan fingerprint density at radius 1 is 1.19 bits per heavy atom. The summed E-state index contributed by atoms with van der Waals surface area (Å²) in [7, 11) is -4.27. The van der Waals surface area contributed by atoms with Gasteiger partial charge in [0.2, 0.25) is 10.0 Å². The molecule has 0 radical (unpaired) electrons. The Balaban J connectivity index is 1.70. The fourth-order valence-electron chi connectivity index (χ4n) is 3.93. The minimum Gasteiger partial charge on any atom is -0.493 e. The molecule has 4 N–H and O–H groups in total. The average Bonchev–Trinajstić information content (AvgIpc) is 3.27. The number of nitrogens with zero attached hydrogens (tertiary/aromatic N) is 1. The Morgan fingerprint density at radius 3 is 2.65 bits per heavy atom. The number of sulfonamides is 1. The van der Waals surface area contributed by atoms with Crippen molar-refractivity contribution < 1.29 is 23.1 Å². The monoisotopic (exact) mass is 524 g/mol. The zero-order valence-corrected chi connectivity index (χ0v) is 21.5. The normalized spacial score (nSPS) is 12.5. The third-order valence-electron chi connectivity index (χ3n) is 6.07. The Hall–Kier alpha value is -3.96. The van der Waals surface area contributed by atoms with E-state index in [4.69, 9.17) is 4.74 Å². The van der Waals surface area contributed by atoms with Crippen molar-refractivity contribution in [3.8, 4) is 17.1 Å². The van der Waals surface area contributed by atoms with E-state index in [9.17, 15) is 23.1 Å². The summed E-state index contributed by atoms with van der Waals surface area (Å²) in [4.78, 5) is 34.4. The van der Waals surface area contributed by atoms with Gasteiger partial charge < -0.3 is 19.8 Å². The first-order chi connectivity index (χ1) is 17.6. The molecule has 4 aromatic rings. The number of aromatic amines is 2. The summed E-state index contributed by atoms with van der Waals surface area (Å²) in [5.74, 6) is -0.803. The molecule has 0 saturated heterocycles. The van der Waals surface area contributed by atoms with Gasteiger partial charge in [-0.15, -0.1) is 0 Å². The van der Waals surface area contributed by atoms with Gasteiger partial charge in [0.1, 0.15) is 17.6 Å². The number of rotatable bonds is 10. The summed E-state index contributed by atoms with van der Waals surface area (Å²) >= 11 is 0. The number of ether oxygens (including phenoxy) is 1. The number of para-hydroxylation sites is 1. The predicted octanol–water partition coefficient (Wildman–Crippen LogP) is 3.30. The minimum absolute atomic E-state index is 0.0604. The second-order valence-electron chi connectivity index (χ2n) is 8.71. The van der Waals surface area contributed by atoms with E-state index >= 15 is 0 Å². The van der Waals surface area contributed by atoms with Crippen molar-refractivity contribution in [1.82, 2.24) is 19.7 Å². The molecule has 37 heavy (non-hydrogen) atoms. The van der Waals surface area contributed by atoms with Gasteiger partial charge in [0, 0.05) is 34.8 Å². The maximum absolute atomic E-state index is 13.3. The van der Waals surface area contributed by atoms with E-state index in [0.717, 1.165) is 10.9 Å². The van der Waals surface area contributed by atoms with Crippen molar-refractivity contribution in [1.29, 1.82) is 0 Å². The van der Waals surface area contributed by atoms with E-state index in [2.05, 4.69) is 19.7 Å². The standard InChI is InChI=1S/C26H28N4O6S/c1-4-11-36-23-10-9-18(13-20(23)24-28-16(3)15(2)25(31)29-24)37(34,35)30-22(26(32)33)12-17-14-27-21-8-6-5-7-19(17)21/h5-10,13-14,22,27,30H,4,11-12H2,1-3H3,(H,32,33)(H,28,29,31). The molecule has 0 aliphatic rings. The molecular weight excluding hydrogens is 496 g/mol. The predicted molar refractivity (Wildman–Crippen MR) is 139 cm³/mol. The van der Waals surface area contributed by atoms with Crippen LogP contribution < -0.4 is 15.0 Å². The van der Waals surface area contributed by atoms with Crippen molar-refractivity contribution in [3.63, 3.8) is 0 Å². The molecule has 0 aliphatic heterocycles. The lowest BCUT2D eigenvalue weighted by Gasteiger charge is -2.17. The summed E-state index contributed by atoms with van der Waals surface area (Å²) in [5, 5.41) is 10.6. The molecule has 4 rings (SSSR count). The molecule has 0 aliphatic carbocycles. The number of benzene rings is 2. The van der Waals surface area contributed by atoms with E-state index in [0.29, 0.717) is 35.6 Å². The van der Waals surface area contributed by atoms with Crippen molar-refractivity contribution >= 4 is 26.9 Å². The number of fused-ring (bicyclic) bond motifs is 1. The van der Waals surface area contributed by atoms with Gasteiger partial charge in [0.25, 0.3) is 5.56 Å². The maximum Gasteiger partial charge on any atom is 0.322 e. The highest BCUT2D eigenvalue weighted by atomic mass is 32.2. The van der Waals surface area contributed by atoms with Crippen molar-refractivity contribution in [2.24, 2.45) is 0 Å². The number of aromatic nitrogens is 3. The SMILES string of the molecule is CCCOc1ccc(S(=O)(=O)NC(Cc2c[nH]c3ccccc23)C(=O)O)cc1-c1nc(C)c(C)c(=O)[nH]1. The summed E-state index contributed by atoms with van der Waals surface area (Å²) in [6.45, 7) is 5.63. The van der Waals surface area contributed by atoms with E-state index in [1.807, 2.05) is 31.2 Å². The molecule has 11 heteroatoms. The van der Waals surface area contributed by atoms with Gasteiger partial charge in [-0.2, -0.15) is 4.72 Å². The number of carboxylic acid groups (broad SMARTS) is 1. The van der Waals surface area contributed by atoms with Crippen LogP contribution in [0.5, 0.6) is 5.75 Å². The fourth-order valence-corrected chi connectivity index (χ4v) is 5.14. The summed E-state index contributed by atoms with van der Waals surface area (Å²) in [5.41, 5.74) is 2.38. The highest BCUT2D eigenvalue weighted by Crippen LogP contribution is 2.31. The number of carboxylic acids is 1. The van der Waals surface area contributed by atoms with Gasteiger partial charge in [0.05, 0.1) is 17.1 Å². The number of hydrogen-bond acceptors (Lipinski definition) is 6. The molecule has 194 valence electrons. The molecule has 0 amide bonds. The van der Waals surface area contributed by atoms with Crippen molar-refractivity contribution in [2.45, 2.75) is 44.6 Å². The summed E-state index contributed by atoms with van der Waals surface area (Å²) in [6.07, 6.45) is 2.33. The average molecular weight is 525 g/mol. The second-order valence-corrected chi connectivity index (χ2v) is 10.4. The Kier molecular flexibility index (Phi) is 7.46. The summed E-state index contributed by atoms with van der Waals surface area (Å²) in [6, 6.07) is 10.1. The molecule has 0 bridgehead atoms. The number of carbonyl (C=O) groups is 1. The van der Waals surface area contributed by atoms with Gasteiger partial charge in [-0.05, 0) is 50.1 Å². The lowest BCUT2D eigenvalue weighted by molar-refractivity contribution is -0.138. The van der Waals surface area contributed by atoms with Crippen LogP contribution in [0.25, 0.3) is 22.3 Å².